The number of benzene rings is 2. The van der Waals surface area contributed by atoms with Gasteiger partial charge in [0.25, 0.3) is 5.91 Å². The fraction of sp³-hybridized carbons (Fsp3) is 0. The Balaban J connectivity index is 2.03. The lowest BCUT2D eigenvalue weighted by molar-refractivity contribution is 0.0955. The molecule has 2 aromatic carbocycles. The van der Waals surface area contributed by atoms with Crippen LogP contribution in [0.2, 0.25) is 10.0 Å². The average molecular weight is 293 g/mol. The van der Waals surface area contributed by atoms with Crippen LogP contribution in [-0.2, 0) is 0 Å². The monoisotopic (exact) mass is 292 g/mol. The summed E-state index contributed by atoms with van der Waals surface area (Å²) in [6, 6.07) is 13.9. The van der Waals surface area contributed by atoms with E-state index in [0.717, 1.165) is 5.56 Å². The van der Waals surface area contributed by atoms with Gasteiger partial charge in [-0.15, -0.1) is 0 Å². The Kier molecular flexibility index (Phi) is 4.55. The zero-order valence-corrected chi connectivity index (χ0v) is 11.3. The molecule has 0 radical (unpaired) electrons. The van der Waals surface area contributed by atoms with Crippen LogP contribution in [0, 0.1) is 0 Å². The Labute approximate surface area is 120 Å². The lowest BCUT2D eigenvalue weighted by atomic mass is 10.2. The SMILES string of the molecule is O=C(N/N=C/c1ccccc1Cl)c1cccc(Cl)c1. The summed E-state index contributed by atoms with van der Waals surface area (Å²) in [7, 11) is 0. The second kappa shape index (κ2) is 6.36. The molecule has 0 aliphatic rings. The van der Waals surface area contributed by atoms with Gasteiger partial charge in [0.1, 0.15) is 0 Å². The minimum atomic E-state index is -0.328. The third kappa shape index (κ3) is 3.81. The lowest BCUT2D eigenvalue weighted by Gasteiger charge is -2.00. The van der Waals surface area contributed by atoms with Gasteiger partial charge in [-0.2, -0.15) is 5.10 Å². The molecule has 2 rings (SSSR count). The Morgan fingerprint density at radius 1 is 1.11 bits per heavy atom. The molecule has 0 unspecified atom stereocenters. The molecule has 0 bridgehead atoms. The molecule has 0 heterocycles. The fourth-order valence-corrected chi connectivity index (χ4v) is 1.81. The molecule has 0 aliphatic carbocycles. The largest absolute Gasteiger partial charge is 0.271 e. The first-order valence-electron chi connectivity index (χ1n) is 5.50. The van der Waals surface area contributed by atoms with E-state index in [-0.39, 0.29) is 5.91 Å². The second-order valence-corrected chi connectivity index (χ2v) is 4.57. The number of nitrogens with zero attached hydrogens (tertiary/aromatic N) is 1. The highest BCUT2D eigenvalue weighted by atomic mass is 35.5. The first kappa shape index (κ1) is 13.6. The van der Waals surface area contributed by atoms with Gasteiger partial charge in [0, 0.05) is 21.2 Å². The van der Waals surface area contributed by atoms with E-state index >= 15 is 0 Å². The number of halogens is 2. The van der Waals surface area contributed by atoms with Crippen LogP contribution in [-0.4, -0.2) is 12.1 Å². The van der Waals surface area contributed by atoms with Gasteiger partial charge >= 0.3 is 0 Å². The predicted molar refractivity (Wildman–Crippen MR) is 78.0 cm³/mol. The van der Waals surface area contributed by atoms with Crippen molar-refractivity contribution < 1.29 is 4.79 Å². The molecule has 1 amide bonds. The highest BCUT2D eigenvalue weighted by Crippen LogP contribution is 2.12. The van der Waals surface area contributed by atoms with Crippen LogP contribution in [0.15, 0.2) is 53.6 Å². The van der Waals surface area contributed by atoms with Crippen LogP contribution < -0.4 is 5.43 Å². The molecule has 2 aromatic rings. The number of hydrogen-bond acceptors (Lipinski definition) is 2. The van der Waals surface area contributed by atoms with Crippen LogP contribution in [0.4, 0.5) is 0 Å². The van der Waals surface area contributed by atoms with E-state index in [1.54, 1.807) is 36.4 Å². The van der Waals surface area contributed by atoms with E-state index in [9.17, 15) is 4.79 Å². The van der Waals surface area contributed by atoms with Crippen LogP contribution >= 0.6 is 23.2 Å². The molecular weight excluding hydrogens is 283 g/mol. The maximum absolute atomic E-state index is 11.8. The third-order valence-corrected chi connectivity index (χ3v) is 2.94. The van der Waals surface area contributed by atoms with Crippen molar-refractivity contribution in [3.8, 4) is 0 Å². The van der Waals surface area contributed by atoms with E-state index in [1.165, 1.54) is 6.21 Å². The first-order valence-corrected chi connectivity index (χ1v) is 6.26. The highest BCUT2D eigenvalue weighted by Gasteiger charge is 2.04. The second-order valence-electron chi connectivity index (χ2n) is 3.73. The first-order chi connectivity index (χ1) is 9.16. The molecule has 0 saturated carbocycles. The van der Waals surface area contributed by atoms with E-state index < -0.39 is 0 Å². The predicted octanol–water partition coefficient (Wildman–Crippen LogP) is 3.76. The minimum absolute atomic E-state index is 0.328. The molecular formula is C14H10Cl2N2O. The molecule has 0 atom stereocenters. The Hall–Kier alpha value is -1.84. The molecule has 0 saturated heterocycles. The zero-order valence-electron chi connectivity index (χ0n) is 9.81. The van der Waals surface area contributed by atoms with Crippen LogP contribution in [0.1, 0.15) is 15.9 Å². The maximum atomic E-state index is 11.8. The van der Waals surface area contributed by atoms with Crippen molar-refractivity contribution in [3.63, 3.8) is 0 Å². The topological polar surface area (TPSA) is 41.5 Å². The maximum Gasteiger partial charge on any atom is 0.271 e. The summed E-state index contributed by atoms with van der Waals surface area (Å²) in [6.45, 7) is 0. The van der Waals surface area contributed by atoms with Gasteiger partial charge in [-0.3, -0.25) is 4.79 Å². The molecule has 5 heteroatoms. The van der Waals surface area contributed by atoms with E-state index in [4.69, 9.17) is 23.2 Å². The Morgan fingerprint density at radius 2 is 1.89 bits per heavy atom. The van der Waals surface area contributed by atoms with Crippen molar-refractivity contribution in [1.29, 1.82) is 0 Å². The van der Waals surface area contributed by atoms with Gasteiger partial charge in [-0.1, -0.05) is 47.5 Å². The quantitative estimate of drug-likeness (QED) is 0.679. The summed E-state index contributed by atoms with van der Waals surface area (Å²) in [6.07, 6.45) is 1.49. The fourth-order valence-electron chi connectivity index (χ4n) is 1.43. The number of carbonyl (C=O) groups excluding carboxylic acids is 1. The lowest BCUT2D eigenvalue weighted by Crippen LogP contribution is -2.17. The third-order valence-electron chi connectivity index (χ3n) is 2.36. The van der Waals surface area contributed by atoms with Crippen molar-refractivity contribution in [1.82, 2.24) is 5.43 Å². The molecule has 0 spiro atoms. The smallest absolute Gasteiger partial charge is 0.267 e. The number of hydrazone groups is 1. The summed E-state index contributed by atoms with van der Waals surface area (Å²) in [4.78, 5) is 11.8. The van der Waals surface area contributed by atoms with Gasteiger partial charge in [-0.25, -0.2) is 5.43 Å². The molecule has 0 aliphatic heterocycles. The Bertz CT molecular complexity index is 626. The molecule has 19 heavy (non-hydrogen) atoms. The number of amides is 1. The molecule has 3 nitrogen and oxygen atoms in total. The van der Waals surface area contributed by atoms with Gasteiger partial charge in [0.15, 0.2) is 0 Å². The molecule has 0 aromatic heterocycles. The van der Waals surface area contributed by atoms with Crippen molar-refractivity contribution in [2.24, 2.45) is 5.10 Å². The van der Waals surface area contributed by atoms with Crippen LogP contribution in [0.3, 0.4) is 0 Å². The number of hydrogen-bond donors (Lipinski definition) is 1. The summed E-state index contributed by atoms with van der Waals surface area (Å²) < 4.78 is 0. The van der Waals surface area contributed by atoms with E-state index in [1.807, 2.05) is 12.1 Å². The van der Waals surface area contributed by atoms with Crippen LogP contribution in [0.25, 0.3) is 0 Å². The van der Waals surface area contributed by atoms with Gasteiger partial charge in [-0.05, 0) is 24.3 Å². The van der Waals surface area contributed by atoms with Crippen molar-refractivity contribution in [3.05, 3.63) is 69.7 Å². The van der Waals surface area contributed by atoms with Gasteiger partial charge in [0.2, 0.25) is 0 Å². The zero-order chi connectivity index (χ0) is 13.7. The normalized spacial score (nSPS) is 10.6. The highest BCUT2D eigenvalue weighted by molar-refractivity contribution is 6.33. The summed E-state index contributed by atoms with van der Waals surface area (Å²) >= 11 is 11.8. The minimum Gasteiger partial charge on any atom is -0.267 e. The van der Waals surface area contributed by atoms with Crippen molar-refractivity contribution in [2.75, 3.05) is 0 Å². The van der Waals surface area contributed by atoms with Crippen LogP contribution in [0.5, 0.6) is 0 Å². The van der Waals surface area contributed by atoms with E-state index in [0.29, 0.717) is 15.6 Å². The van der Waals surface area contributed by atoms with Gasteiger partial charge < -0.3 is 0 Å². The van der Waals surface area contributed by atoms with Crippen molar-refractivity contribution >= 4 is 35.3 Å². The molecule has 96 valence electrons. The summed E-state index contributed by atoms with van der Waals surface area (Å²) in [5.74, 6) is -0.328. The summed E-state index contributed by atoms with van der Waals surface area (Å²) in [5, 5.41) is 4.93. The Morgan fingerprint density at radius 3 is 2.63 bits per heavy atom. The van der Waals surface area contributed by atoms with E-state index in [2.05, 4.69) is 10.5 Å². The molecule has 1 N–H and O–H groups in total. The average Bonchev–Trinajstić information content (AvgIpc) is 2.41. The number of nitrogens with one attached hydrogen (secondary N) is 1. The summed E-state index contributed by atoms with van der Waals surface area (Å²) in [5.41, 5.74) is 3.60. The van der Waals surface area contributed by atoms with Gasteiger partial charge in [0.05, 0.1) is 6.21 Å². The van der Waals surface area contributed by atoms with Crippen molar-refractivity contribution in [2.45, 2.75) is 0 Å². The molecule has 0 fully saturated rings. The standard InChI is InChI=1S/C14H10Cl2N2O/c15-12-6-3-5-10(8-12)14(19)18-17-9-11-4-1-2-7-13(11)16/h1-9H,(H,18,19)/b17-9+. The number of rotatable bonds is 3. The number of carbonyl (C=O) groups is 1.